The first-order valence-electron chi connectivity index (χ1n) is 10.4. The van der Waals surface area contributed by atoms with Crippen molar-refractivity contribution >= 4 is 17.2 Å². The summed E-state index contributed by atoms with van der Waals surface area (Å²) in [4.78, 5) is 19.8. The van der Waals surface area contributed by atoms with Gasteiger partial charge >= 0.3 is 0 Å². The van der Waals surface area contributed by atoms with E-state index in [0.717, 1.165) is 28.6 Å². The molecule has 2 aromatic carbocycles. The number of likely N-dealkylation sites (tertiary alicyclic amines) is 1. The van der Waals surface area contributed by atoms with Gasteiger partial charge in [0.2, 0.25) is 0 Å². The molecule has 1 amide bonds. The fraction of sp³-hybridized carbons (Fsp3) is 0.333. The monoisotopic (exact) mass is 422 g/mol. The van der Waals surface area contributed by atoms with Crippen LogP contribution in [-0.2, 0) is 13.1 Å². The first-order valence-corrected chi connectivity index (χ1v) is 11.3. The number of nitrogens with zero attached hydrogens (tertiary/aromatic N) is 1. The van der Waals surface area contributed by atoms with Gasteiger partial charge in [-0.1, -0.05) is 24.3 Å². The third-order valence-electron chi connectivity index (χ3n) is 5.65. The molecule has 6 heteroatoms. The molecule has 1 aliphatic rings. The highest BCUT2D eigenvalue weighted by Crippen LogP contribution is 2.29. The molecule has 0 atom stereocenters. The number of ether oxygens (including phenoxy) is 1. The van der Waals surface area contributed by atoms with E-state index in [1.54, 1.807) is 12.0 Å². The topological polar surface area (TPSA) is 55.7 Å². The normalized spacial score (nSPS) is 14.1. The summed E-state index contributed by atoms with van der Waals surface area (Å²) in [5, 5.41) is 3.95. The Balaban J connectivity index is 1.44. The molecule has 0 radical (unpaired) electrons. The lowest BCUT2D eigenvalue weighted by molar-refractivity contribution is -0.901. The summed E-state index contributed by atoms with van der Waals surface area (Å²) in [5.41, 5.74) is 4.28. The maximum absolute atomic E-state index is 12.9. The van der Waals surface area contributed by atoms with E-state index < -0.39 is 0 Å². The van der Waals surface area contributed by atoms with Crippen molar-refractivity contribution in [3.05, 3.63) is 70.2 Å². The second-order valence-electron chi connectivity index (χ2n) is 7.75. The summed E-state index contributed by atoms with van der Waals surface area (Å²) < 4.78 is 5.21. The van der Waals surface area contributed by atoms with E-state index >= 15 is 0 Å². The minimum Gasteiger partial charge on any atom is -0.497 e. The SMILES string of the molecule is COc1ccc(-c2nc(C)c(C(=O)NCc3ccccc3C[NH+]3CCCC3)s2)cc1. The van der Waals surface area contributed by atoms with E-state index in [2.05, 4.69) is 28.5 Å². The number of aryl methyl sites for hydroxylation is 1. The van der Waals surface area contributed by atoms with E-state index in [1.165, 1.54) is 48.4 Å². The predicted octanol–water partition coefficient (Wildman–Crippen LogP) is 3.24. The molecule has 1 fully saturated rings. The van der Waals surface area contributed by atoms with Crippen LogP contribution in [0.4, 0.5) is 0 Å². The molecule has 1 aliphatic heterocycles. The molecule has 1 saturated heterocycles. The Bertz CT molecular complexity index is 1010. The molecule has 2 N–H and O–H groups in total. The number of carbonyl (C=O) groups is 1. The lowest BCUT2D eigenvalue weighted by Crippen LogP contribution is -3.08. The van der Waals surface area contributed by atoms with Gasteiger partial charge in [-0.2, -0.15) is 0 Å². The zero-order valence-corrected chi connectivity index (χ0v) is 18.3. The quantitative estimate of drug-likeness (QED) is 0.615. The summed E-state index contributed by atoms with van der Waals surface area (Å²) >= 11 is 1.43. The summed E-state index contributed by atoms with van der Waals surface area (Å²) in [7, 11) is 1.65. The average molecular weight is 423 g/mol. The van der Waals surface area contributed by atoms with Crippen molar-refractivity contribution < 1.29 is 14.4 Å². The van der Waals surface area contributed by atoms with Gasteiger partial charge in [-0.25, -0.2) is 4.98 Å². The molecule has 30 heavy (non-hydrogen) atoms. The van der Waals surface area contributed by atoms with Gasteiger partial charge in [-0.15, -0.1) is 11.3 Å². The summed E-state index contributed by atoms with van der Waals surface area (Å²) in [5.74, 6) is 0.743. The highest BCUT2D eigenvalue weighted by atomic mass is 32.1. The Labute approximate surface area is 181 Å². The minimum atomic E-state index is -0.0620. The smallest absolute Gasteiger partial charge is 0.263 e. The van der Waals surface area contributed by atoms with Crippen molar-refractivity contribution in [3.63, 3.8) is 0 Å². The molecule has 0 saturated carbocycles. The summed E-state index contributed by atoms with van der Waals surface area (Å²) in [6.07, 6.45) is 2.63. The van der Waals surface area contributed by atoms with E-state index in [9.17, 15) is 4.79 Å². The Kier molecular flexibility index (Phi) is 6.45. The zero-order valence-electron chi connectivity index (χ0n) is 17.5. The number of quaternary nitrogens is 1. The van der Waals surface area contributed by atoms with Crippen molar-refractivity contribution in [1.29, 1.82) is 0 Å². The number of amides is 1. The van der Waals surface area contributed by atoms with Crippen molar-refractivity contribution in [2.24, 2.45) is 0 Å². The number of rotatable bonds is 7. The minimum absolute atomic E-state index is 0.0620. The molecule has 156 valence electrons. The molecule has 0 aliphatic carbocycles. The second kappa shape index (κ2) is 9.41. The highest BCUT2D eigenvalue weighted by Gasteiger charge is 2.19. The van der Waals surface area contributed by atoms with E-state index in [1.807, 2.05) is 37.3 Å². The number of methoxy groups -OCH3 is 1. The van der Waals surface area contributed by atoms with E-state index in [4.69, 9.17) is 4.74 Å². The van der Waals surface area contributed by atoms with Gasteiger partial charge in [0.05, 0.1) is 25.9 Å². The zero-order chi connectivity index (χ0) is 20.9. The van der Waals surface area contributed by atoms with Crippen LogP contribution in [0, 0.1) is 6.92 Å². The highest BCUT2D eigenvalue weighted by molar-refractivity contribution is 7.17. The van der Waals surface area contributed by atoms with E-state index in [-0.39, 0.29) is 5.91 Å². The molecular weight excluding hydrogens is 394 g/mol. The Morgan fingerprint density at radius 3 is 2.50 bits per heavy atom. The maximum Gasteiger partial charge on any atom is 0.263 e. The van der Waals surface area contributed by atoms with Crippen LogP contribution in [0.25, 0.3) is 10.6 Å². The molecule has 5 nitrogen and oxygen atoms in total. The van der Waals surface area contributed by atoms with Gasteiger partial charge in [0.1, 0.15) is 22.2 Å². The summed E-state index contributed by atoms with van der Waals surface area (Å²) in [6, 6.07) is 16.2. The van der Waals surface area contributed by atoms with Crippen LogP contribution < -0.4 is 15.0 Å². The van der Waals surface area contributed by atoms with Crippen LogP contribution in [0.1, 0.15) is 39.3 Å². The van der Waals surface area contributed by atoms with Crippen LogP contribution in [0.15, 0.2) is 48.5 Å². The number of thiazole rings is 1. The molecule has 4 rings (SSSR count). The van der Waals surface area contributed by atoms with Gasteiger partial charge in [-0.05, 0) is 36.8 Å². The Hall–Kier alpha value is -2.70. The third kappa shape index (κ3) is 4.71. The standard InChI is InChI=1S/C24H27N3O2S/c1-17-22(30-24(26-17)18-9-11-21(29-2)12-10-18)23(28)25-15-19-7-3-4-8-20(19)16-27-13-5-6-14-27/h3-4,7-12H,5-6,13-16H2,1-2H3,(H,25,28)/p+1. The summed E-state index contributed by atoms with van der Waals surface area (Å²) in [6.45, 7) is 5.96. The molecule has 0 spiro atoms. The van der Waals surface area contributed by atoms with Crippen LogP contribution in [0.3, 0.4) is 0 Å². The van der Waals surface area contributed by atoms with E-state index in [0.29, 0.717) is 11.4 Å². The first kappa shape index (κ1) is 20.6. The van der Waals surface area contributed by atoms with Crippen molar-refractivity contribution in [3.8, 4) is 16.3 Å². The fourth-order valence-electron chi connectivity index (χ4n) is 3.94. The van der Waals surface area contributed by atoms with Crippen LogP contribution in [0.5, 0.6) is 5.75 Å². The predicted molar refractivity (Wildman–Crippen MR) is 120 cm³/mol. The van der Waals surface area contributed by atoms with Gasteiger partial charge in [-0.3, -0.25) is 4.79 Å². The van der Waals surface area contributed by atoms with Crippen molar-refractivity contribution in [2.75, 3.05) is 20.2 Å². The van der Waals surface area contributed by atoms with Crippen LogP contribution in [0.2, 0.25) is 0 Å². The lowest BCUT2D eigenvalue weighted by Gasteiger charge is -2.15. The number of carbonyl (C=O) groups excluding carboxylic acids is 1. The number of hydrogen-bond donors (Lipinski definition) is 2. The van der Waals surface area contributed by atoms with Gasteiger partial charge in [0.15, 0.2) is 0 Å². The molecule has 0 unspecified atom stereocenters. The Morgan fingerprint density at radius 2 is 1.80 bits per heavy atom. The Morgan fingerprint density at radius 1 is 1.10 bits per heavy atom. The average Bonchev–Trinajstić information content (AvgIpc) is 3.42. The van der Waals surface area contributed by atoms with Crippen LogP contribution in [-0.4, -0.2) is 31.1 Å². The fourth-order valence-corrected chi connectivity index (χ4v) is 4.93. The number of nitrogens with one attached hydrogen (secondary N) is 2. The molecule has 0 bridgehead atoms. The number of hydrogen-bond acceptors (Lipinski definition) is 4. The molecule has 1 aromatic heterocycles. The molecule has 3 aromatic rings. The second-order valence-corrected chi connectivity index (χ2v) is 8.75. The third-order valence-corrected chi connectivity index (χ3v) is 6.85. The lowest BCUT2D eigenvalue weighted by atomic mass is 10.1. The maximum atomic E-state index is 12.9. The van der Waals surface area contributed by atoms with Crippen molar-refractivity contribution in [2.45, 2.75) is 32.9 Å². The molecular formula is C24H28N3O2S+. The first-order chi connectivity index (χ1) is 14.6. The number of aromatic nitrogens is 1. The largest absolute Gasteiger partial charge is 0.497 e. The van der Waals surface area contributed by atoms with Gasteiger partial charge in [0.25, 0.3) is 5.91 Å². The number of benzene rings is 2. The van der Waals surface area contributed by atoms with Gasteiger partial charge in [0, 0.05) is 30.5 Å². The van der Waals surface area contributed by atoms with Crippen LogP contribution >= 0.6 is 11.3 Å². The van der Waals surface area contributed by atoms with Crippen molar-refractivity contribution in [1.82, 2.24) is 10.3 Å². The van der Waals surface area contributed by atoms with Gasteiger partial charge < -0.3 is 15.0 Å². The molecule has 2 heterocycles.